The molecule has 0 aliphatic rings. The van der Waals surface area contributed by atoms with E-state index in [0.717, 1.165) is 20.5 Å². The Morgan fingerprint density at radius 1 is 1.36 bits per heavy atom. The first-order chi connectivity index (χ1) is 6.72. The van der Waals surface area contributed by atoms with Crippen LogP contribution < -0.4 is 0 Å². The van der Waals surface area contributed by atoms with Gasteiger partial charge in [0.2, 0.25) is 0 Å². The Morgan fingerprint density at radius 3 is 2.86 bits per heavy atom. The number of aromatic nitrogens is 3. The predicted octanol–water partition coefficient (Wildman–Crippen LogP) is 3.16. The summed E-state index contributed by atoms with van der Waals surface area (Å²) < 4.78 is 0.828. The van der Waals surface area contributed by atoms with Crippen molar-refractivity contribution in [1.29, 1.82) is 0 Å². The van der Waals surface area contributed by atoms with Crippen LogP contribution >= 0.6 is 39.3 Å². The molecule has 0 saturated heterocycles. The minimum Gasteiger partial charge on any atom is -0.243 e. The number of hydrogen-bond donors (Lipinski definition) is 0. The van der Waals surface area contributed by atoms with E-state index in [4.69, 9.17) is 11.6 Å². The van der Waals surface area contributed by atoms with Gasteiger partial charge in [-0.25, -0.2) is 15.0 Å². The fourth-order valence-corrected chi connectivity index (χ4v) is 1.97. The molecule has 72 valence electrons. The molecular formula is C8H5BrClN3S. The number of hydrogen-bond acceptors (Lipinski definition) is 4. The van der Waals surface area contributed by atoms with E-state index in [2.05, 4.69) is 30.9 Å². The zero-order valence-corrected chi connectivity index (χ0v) is 10.3. The monoisotopic (exact) mass is 289 g/mol. The largest absolute Gasteiger partial charge is 0.243 e. The van der Waals surface area contributed by atoms with Gasteiger partial charge in [-0.3, -0.25) is 0 Å². The number of nitrogens with zero attached hydrogens (tertiary/aromatic N) is 3. The van der Waals surface area contributed by atoms with E-state index in [0.29, 0.717) is 5.15 Å². The van der Waals surface area contributed by atoms with Crippen LogP contribution in [0, 0.1) is 0 Å². The van der Waals surface area contributed by atoms with E-state index in [9.17, 15) is 0 Å². The summed E-state index contributed by atoms with van der Waals surface area (Å²) in [5.41, 5.74) is 0.796. The standard InChI is InChI=1S/C8H5BrClN3S/c1-14-8-12-2-4-6(13-8)5(9)3-11-7(4)10/h2-3H,1H3. The zero-order chi connectivity index (χ0) is 10.1. The molecule has 0 aliphatic carbocycles. The summed E-state index contributed by atoms with van der Waals surface area (Å²) in [4.78, 5) is 12.5. The van der Waals surface area contributed by atoms with E-state index in [-0.39, 0.29) is 0 Å². The smallest absolute Gasteiger partial charge is 0.187 e. The van der Waals surface area contributed by atoms with Crippen LogP contribution in [0.15, 0.2) is 22.0 Å². The van der Waals surface area contributed by atoms with E-state index in [1.54, 1.807) is 12.4 Å². The molecule has 0 N–H and O–H groups in total. The molecule has 0 radical (unpaired) electrons. The van der Waals surface area contributed by atoms with Gasteiger partial charge < -0.3 is 0 Å². The topological polar surface area (TPSA) is 38.7 Å². The van der Waals surface area contributed by atoms with Crippen molar-refractivity contribution in [1.82, 2.24) is 15.0 Å². The quantitative estimate of drug-likeness (QED) is 0.459. The van der Waals surface area contributed by atoms with E-state index < -0.39 is 0 Å². The maximum Gasteiger partial charge on any atom is 0.187 e. The number of rotatable bonds is 1. The van der Waals surface area contributed by atoms with E-state index >= 15 is 0 Å². The minimum atomic E-state index is 0.427. The zero-order valence-electron chi connectivity index (χ0n) is 7.16. The van der Waals surface area contributed by atoms with Crippen LogP contribution in [0.1, 0.15) is 0 Å². The van der Waals surface area contributed by atoms with Gasteiger partial charge in [0.05, 0.1) is 15.4 Å². The van der Waals surface area contributed by atoms with E-state index in [1.807, 2.05) is 6.26 Å². The van der Waals surface area contributed by atoms with E-state index in [1.165, 1.54) is 11.8 Å². The predicted molar refractivity (Wildman–Crippen MR) is 61.8 cm³/mol. The summed E-state index contributed by atoms with van der Waals surface area (Å²) in [6.07, 6.45) is 5.26. The normalized spacial score (nSPS) is 10.8. The Bertz CT molecular complexity index is 491. The summed E-state index contributed by atoms with van der Waals surface area (Å²) >= 11 is 10.8. The Balaban J connectivity index is 2.80. The lowest BCUT2D eigenvalue weighted by atomic mass is 10.3. The van der Waals surface area contributed by atoms with Crippen molar-refractivity contribution in [3.05, 3.63) is 22.0 Å². The molecule has 14 heavy (non-hydrogen) atoms. The van der Waals surface area contributed by atoms with Crippen molar-refractivity contribution in [2.45, 2.75) is 5.16 Å². The Morgan fingerprint density at radius 2 is 2.14 bits per heavy atom. The van der Waals surface area contributed by atoms with Crippen LogP contribution in [-0.2, 0) is 0 Å². The third-order valence-electron chi connectivity index (χ3n) is 1.69. The summed E-state index contributed by atoms with van der Waals surface area (Å²) in [5.74, 6) is 0. The van der Waals surface area contributed by atoms with Gasteiger partial charge in [-0.05, 0) is 22.2 Å². The number of thioether (sulfide) groups is 1. The molecule has 2 aromatic rings. The molecule has 3 nitrogen and oxygen atoms in total. The summed E-state index contributed by atoms with van der Waals surface area (Å²) in [6.45, 7) is 0. The minimum absolute atomic E-state index is 0.427. The SMILES string of the molecule is CSc1ncc2c(Cl)ncc(Br)c2n1. The Labute approximate surface area is 98.4 Å². The first-order valence-corrected chi connectivity index (χ1v) is 6.12. The number of fused-ring (bicyclic) bond motifs is 1. The van der Waals surface area contributed by atoms with Gasteiger partial charge in [0.15, 0.2) is 5.16 Å². The molecule has 0 aromatic carbocycles. The lowest BCUT2D eigenvalue weighted by Crippen LogP contribution is -1.90. The molecule has 0 spiro atoms. The molecule has 0 aliphatic heterocycles. The molecule has 2 rings (SSSR count). The van der Waals surface area contributed by atoms with Crippen molar-refractivity contribution in [3.8, 4) is 0 Å². The molecule has 6 heteroatoms. The molecule has 0 fully saturated rings. The number of pyridine rings is 1. The third kappa shape index (κ3) is 1.71. The van der Waals surface area contributed by atoms with Gasteiger partial charge in [0.25, 0.3) is 0 Å². The van der Waals surface area contributed by atoms with Crippen molar-refractivity contribution in [3.63, 3.8) is 0 Å². The average molecular weight is 291 g/mol. The lowest BCUT2D eigenvalue weighted by molar-refractivity contribution is 1.00. The van der Waals surface area contributed by atoms with Crippen LogP contribution in [0.3, 0.4) is 0 Å². The van der Waals surface area contributed by atoms with Gasteiger partial charge >= 0.3 is 0 Å². The van der Waals surface area contributed by atoms with Crippen LogP contribution in [0.4, 0.5) is 0 Å². The van der Waals surface area contributed by atoms with Gasteiger partial charge in [-0.1, -0.05) is 23.4 Å². The highest BCUT2D eigenvalue weighted by Crippen LogP contribution is 2.26. The van der Waals surface area contributed by atoms with Crippen LogP contribution in [0.5, 0.6) is 0 Å². The molecular weight excluding hydrogens is 286 g/mol. The Hall–Kier alpha value is -0.390. The summed E-state index contributed by atoms with van der Waals surface area (Å²) in [7, 11) is 0. The van der Waals surface area contributed by atoms with Crippen LogP contribution in [0.25, 0.3) is 10.9 Å². The second-order valence-corrected chi connectivity index (χ2v) is 4.50. The summed E-state index contributed by atoms with van der Waals surface area (Å²) in [6, 6.07) is 0. The second kappa shape index (κ2) is 4.00. The van der Waals surface area contributed by atoms with Crippen LogP contribution in [0.2, 0.25) is 5.15 Å². The maximum absolute atomic E-state index is 5.91. The van der Waals surface area contributed by atoms with Gasteiger partial charge in [-0.2, -0.15) is 0 Å². The highest BCUT2D eigenvalue weighted by molar-refractivity contribution is 9.10. The van der Waals surface area contributed by atoms with Crippen molar-refractivity contribution < 1.29 is 0 Å². The first kappa shape index (κ1) is 10.1. The maximum atomic E-state index is 5.91. The van der Waals surface area contributed by atoms with Crippen molar-refractivity contribution in [2.24, 2.45) is 0 Å². The van der Waals surface area contributed by atoms with Gasteiger partial charge in [-0.15, -0.1) is 0 Å². The first-order valence-electron chi connectivity index (χ1n) is 3.73. The molecule has 0 amide bonds. The highest BCUT2D eigenvalue weighted by Gasteiger charge is 2.07. The molecule has 0 atom stereocenters. The highest BCUT2D eigenvalue weighted by atomic mass is 79.9. The molecule has 2 heterocycles. The third-order valence-corrected chi connectivity index (χ3v) is 3.13. The van der Waals surface area contributed by atoms with Gasteiger partial charge in [0, 0.05) is 12.4 Å². The van der Waals surface area contributed by atoms with Crippen molar-refractivity contribution in [2.75, 3.05) is 6.26 Å². The average Bonchev–Trinajstić information content (AvgIpc) is 2.23. The molecule has 0 saturated carbocycles. The fourth-order valence-electron chi connectivity index (χ4n) is 1.04. The van der Waals surface area contributed by atoms with Crippen LogP contribution in [-0.4, -0.2) is 21.2 Å². The van der Waals surface area contributed by atoms with Gasteiger partial charge in [0.1, 0.15) is 5.15 Å². The number of halogens is 2. The second-order valence-electron chi connectivity index (χ2n) is 2.52. The fraction of sp³-hybridized carbons (Fsp3) is 0.125. The molecule has 2 aromatic heterocycles. The summed E-state index contributed by atoms with van der Waals surface area (Å²) in [5, 5.41) is 1.91. The lowest BCUT2D eigenvalue weighted by Gasteiger charge is -2.02. The molecule has 0 bridgehead atoms. The van der Waals surface area contributed by atoms with Crippen molar-refractivity contribution >= 4 is 50.2 Å². The molecule has 0 unspecified atom stereocenters. The Kier molecular flexibility index (Phi) is 2.90.